The zero-order chi connectivity index (χ0) is 20.1. The van der Waals surface area contributed by atoms with Crippen molar-refractivity contribution in [2.75, 3.05) is 0 Å². The summed E-state index contributed by atoms with van der Waals surface area (Å²) in [6.07, 6.45) is -3.94. The summed E-state index contributed by atoms with van der Waals surface area (Å²) in [4.78, 5) is 4.48. The molecular formula is C19H13ClF4N4. The zero-order valence-electron chi connectivity index (χ0n) is 14.6. The Kier molecular flexibility index (Phi) is 4.45. The van der Waals surface area contributed by atoms with E-state index in [4.69, 9.17) is 11.6 Å². The fraction of sp³-hybridized carbons (Fsp3) is 0.211. The molecule has 4 rings (SSSR count). The molecule has 4 nitrogen and oxygen atoms in total. The van der Waals surface area contributed by atoms with Crippen molar-refractivity contribution < 1.29 is 17.6 Å². The van der Waals surface area contributed by atoms with Gasteiger partial charge in [-0.15, -0.1) is 10.2 Å². The van der Waals surface area contributed by atoms with Crippen molar-refractivity contribution >= 4 is 17.3 Å². The van der Waals surface area contributed by atoms with Gasteiger partial charge in [0.25, 0.3) is 0 Å². The number of hydrogen-bond acceptors (Lipinski definition) is 3. The summed E-state index contributed by atoms with van der Waals surface area (Å²) >= 11 is 6.38. The molecule has 0 radical (unpaired) electrons. The van der Waals surface area contributed by atoms with Crippen LogP contribution < -0.4 is 0 Å². The Morgan fingerprint density at radius 3 is 2.43 bits per heavy atom. The third-order valence-electron chi connectivity index (χ3n) is 4.52. The smallest absolute Gasteiger partial charge is 0.278 e. The average molecular weight is 409 g/mol. The molecule has 0 atom stereocenters. The lowest BCUT2D eigenvalue weighted by atomic mass is 9.98. The lowest BCUT2D eigenvalue weighted by Gasteiger charge is -2.16. The molecule has 9 heteroatoms. The molecule has 0 amide bonds. The molecular weight excluding hydrogens is 396 g/mol. The third-order valence-corrected chi connectivity index (χ3v) is 4.83. The van der Waals surface area contributed by atoms with Crippen molar-refractivity contribution in [2.24, 2.45) is 4.99 Å². The first-order chi connectivity index (χ1) is 13.3. The molecule has 0 aliphatic carbocycles. The number of aryl methyl sites for hydroxylation is 1. The number of alkyl halides is 3. The number of fused-ring (bicyclic) bond motifs is 3. The van der Waals surface area contributed by atoms with Gasteiger partial charge >= 0.3 is 6.18 Å². The molecule has 2 heterocycles. The quantitative estimate of drug-likeness (QED) is 0.560. The van der Waals surface area contributed by atoms with Crippen molar-refractivity contribution in [1.82, 2.24) is 14.8 Å². The van der Waals surface area contributed by atoms with Gasteiger partial charge in [-0.3, -0.25) is 9.56 Å². The Morgan fingerprint density at radius 2 is 1.79 bits per heavy atom. The molecule has 28 heavy (non-hydrogen) atoms. The lowest BCUT2D eigenvalue weighted by molar-refractivity contribution is -0.137. The second kappa shape index (κ2) is 6.70. The molecule has 1 aliphatic rings. The van der Waals surface area contributed by atoms with E-state index in [1.54, 1.807) is 4.57 Å². The molecule has 0 saturated heterocycles. The van der Waals surface area contributed by atoms with Crippen molar-refractivity contribution in [3.05, 3.63) is 75.6 Å². The van der Waals surface area contributed by atoms with Gasteiger partial charge < -0.3 is 0 Å². The van der Waals surface area contributed by atoms with Gasteiger partial charge in [-0.1, -0.05) is 30.7 Å². The molecule has 0 spiro atoms. The maximum Gasteiger partial charge on any atom is 0.416 e. The van der Waals surface area contributed by atoms with Crippen molar-refractivity contribution in [1.29, 1.82) is 0 Å². The monoisotopic (exact) mass is 408 g/mol. The standard InChI is InChI=1S/C19H13ClF4N4/c1-2-14-26-27-15-9-25-17(10-3-5-11(6-4-10)19(22,23)24)16-12(20)7-8-13(21)18(16)28(14)15/h3-8H,2,9H2,1H3. The molecule has 0 fully saturated rings. The normalized spacial score (nSPS) is 13.6. The highest BCUT2D eigenvalue weighted by Gasteiger charge is 2.31. The summed E-state index contributed by atoms with van der Waals surface area (Å²) in [7, 11) is 0. The molecule has 0 N–H and O–H groups in total. The molecule has 2 aromatic carbocycles. The van der Waals surface area contributed by atoms with Crippen molar-refractivity contribution in [2.45, 2.75) is 26.1 Å². The minimum absolute atomic E-state index is 0.0911. The van der Waals surface area contributed by atoms with Crippen LogP contribution >= 0.6 is 11.6 Å². The molecule has 144 valence electrons. The zero-order valence-corrected chi connectivity index (χ0v) is 15.3. The highest BCUT2D eigenvalue weighted by molar-refractivity contribution is 6.36. The van der Waals surface area contributed by atoms with E-state index in [0.29, 0.717) is 34.9 Å². The van der Waals surface area contributed by atoms with E-state index < -0.39 is 17.6 Å². The second-order valence-corrected chi connectivity index (χ2v) is 6.62. The van der Waals surface area contributed by atoms with Gasteiger partial charge in [-0.25, -0.2) is 4.39 Å². The van der Waals surface area contributed by atoms with Gasteiger partial charge in [-0.05, 0) is 24.3 Å². The highest BCUT2D eigenvalue weighted by Crippen LogP contribution is 2.34. The number of aliphatic imine (C=N–C) groups is 1. The van der Waals surface area contributed by atoms with Crippen molar-refractivity contribution in [3.63, 3.8) is 0 Å². The van der Waals surface area contributed by atoms with E-state index in [2.05, 4.69) is 15.2 Å². The Morgan fingerprint density at radius 1 is 1.07 bits per heavy atom. The Labute approximate surface area is 162 Å². The van der Waals surface area contributed by atoms with E-state index in [9.17, 15) is 17.6 Å². The minimum atomic E-state index is -4.45. The number of nitrogens with zero attached hydrogens (tertiary/aromatic N) is 4. The Balaban J connectivity index is 1.94. The van der Waals surface area contributed by atoms with Gasteiger partial charge in [0.2, 0.25) is 0 Å². The predicted octanol–water partition coefficient (Wildman–Crippen LogP) is 4.99. The van der Waals surface area contributed by atoms with Gasteiger partial charge in [-0.2, -0.15) is 13.2 Å². The fourth-order valence-corrected chi connectivity index (χ4v) is 3.45. The van der Waals surface area contributed by atoms with E-state index in [1.165, 1.54) is 24.3 Å². The predicted molar refractivity (Wildman–Crippen MR) is 96.5 cm³/mol. The number of hydrogen-bond donors (Lipinski definition) is 0. The molecule has 1 aromatic heterocycles. The maximum absolute atomic E-state index is 14.9. The van der Waals surface area contributed by atoms with Crippen molar-refractivity contribution in [3.8, 4) is 5.69 Å². The van der Waals surface area contributed by atoms with Crippen LogP contribution in [0.4, 0.5) is 17.6 Å². The SMILES string of the molecule is CCc1nnc2n1-c1c(F)ccc(Cl)c1C(c1ccc(C(F)(F)F)cc1)=NC2. The van der Waals surface area contributed by atoms with E-state index in [-0.39, 0.29) is 17.3 Å². The summed E-state index contributed by atoms with van der Waals surface area (Å²) < 4.78 is 55.1. The Hall–Kier alpha value is -2.74. The summed E-state index contributed by atoms with van der Waals surface area (Å²) in [5.41, 5.74) is 0.385. The van der Waals surface area contributed by atoms with Gasteiger partial charge in [0.15, 0.2) is 5.82 Å². The molecule has 3 aromatic rings. The van der Waals surface area contributed by atoms with Gasteiger partial charge in [0, 0.05) is 17.5 Å². The largest absolute Gasteiger partial charge is 0.416 e. The van der Waals surface area contributed by atoms with Crippen LogP contribution in [0.15, 0.2) is 41.4 Å². The summed E-state index contributed by atoms with van der Waals surface area (Å²) in [5.74, 6) is 0.430. The lowest BCUT2D eigenvalue weighted by Crippen LogP contribution is -2.12. The van der Waals surface area contributed by atoms with Crippen LogP contribution in [0.5, 0.6) is 0 Å². The van der Waals surface area contributed by atoms with E-state index in [0.717, 1.165) is 12.1 Å². The van der Waals surface area contributed by atoms with Crippen LogP contribution in [0.2, 0.25) is 5.02 Å². The molecule has 0 bridgehead atoms. The van der Waals surface area contributed by atoms with E-state index in [1.807, 2.05) is 6.92 Å². The first-order valence-electron chi connectivity index (χ1n) is 8.45. The van der Waals surface area contributed by atoms with Crippen LogP contribution in [0.25, 0.3) is 5.69 Å². The Bertz CT molecular complexity index is 1080. The van der Waals surface area contributed by atoms with Gasteiger partial charge in [0.1, 0.15) is 18.2 Å². The second-order valence-electron chi connectivity index (χ2n) is 6.21. The molecule has 0 saturated carbocycles. The molecule has 0 unspecified atom stereocenters. The topological polar surface area (TPSA) is 43.1 Å². The average Bonchev–Trinajstić information content (AvgIpc) is 2.98. The van der Waals surface area contributed by atoms with Crippen LogP contribution in [0.3, 0.4) is 0 Å². The minimum Gasteiger partial charge on any atom is -0.278 e. The number of halogens is 5. The van der Waals surface area contributed by atoms with Crippen LogP contribution in [-0.4, -0.2) is 20.5 Å². The van der Waals surface area contributed by atoms with E-state index >= 15 is 0 Å². The van der Waals surface area contributed by atoms with Crippen LogP contribution in [-0.2, 0) is 19.1 Å². The summed E-state index contributed by atoms with van der Waals surface area (Å²) in [5, 5.41) is 8.39. The van der Waals surface area contributed by atoms with Crippen LogP contribution in [0, 0.1) is 5.82 Å². The third kappa shape index (κ3) is 2.97. The van der Waals surface area contributed by atoms with Crippen LogP contribution in [0.1, 0.15) is 35.3 Å². The maximum atomic E-state index is 14.9. The first-order valence-corrected chi connectivity index (χ1v) is 8.83. The summed E-state index contributed by atoms with van der Waals surface area (Å²) in [6, 6.07) is 7.18. The number of benzene rings is 2. The van der Waals surface area contributed by atoms with Gasteiger partial charge in [0.05, 0.1) is 22.0 Å². The first kappa shape index (κ1) is 18.6. The molecule has 1 aliphatic heterocycles. The number of aromatic nitrogens is 3. The number of rotatable bonds is 2. The summed E-state index contributed by atoms with van der Waals surface area (Å²) in [6.45, 7) is 1.95. The highest BCUT2D eigenvalue weighted by atomic mass is 35.5. The fourth-order valence-electron chi connectivity index (χ4n) is 3.21.